The van der Waals surface area contributed by atoms with E-state index in [0.717, 1.165) is 6.07 Å². The van der Waals surface area contributed by atoms with Crippen LogP contribution in [0.3, 0.4) is 0 Å². The molecule has 0 saturated carbocycles. The van der Waals surface area contributed by atoms with Crippen LogP contribution >= 0.6 is 0 Å². The van der Waals surface area contributed by atoms with Crippen LogP contribution in [-0.4, -0.2) is 38.9 Å². The molecule has 0 bridgehead atoms. The molecule has 0 unspecified atom stereocenters. The minimum Gasteiger partial charge on any atom is -0.480 e. The lowest BCUT2D eigenvalue weighted by Crippen LogP contribution is -2.44. The predicted octanol–water partition coefficient (Wildman–Crippen LogP) is -2.88. The second-order valence-electron chi connectivity index (χ2n) is 3.54. The van der Waals surface area contributed by atoms with Gasteiger partial charge in [0.05, 0.1) is 6.42 Å². The van der Waals surface area contributed by atoms with Gasteiger partial charge in [0.1, 0.15) is 11.7 Å². The lowest BCUT2D eigenvalue weighted by atomic mass is 10.2. The predicted molar refractivity (Wildman–Crippen MR) is 60.4 cm³/mol. The molecule has 1 aromatic heterocycles. The highest BCUT2D eigenvalue weighted by Gasteiger charge is 2.23. The van der Waals surface area contributed by atoms with Crippen molar-refractivity contribution in [3.05, 3.63) is 32.6 Å². The number of carboxylic acid groups (broad SMARTS) is 1. The number of amides is 2. The van der Waals surface area contributed by atoms with E-state index in [4.69, 9.17) is 10.8 Å². The van der Waals surface area contributed by atoms with Crippen molar-refractivity contribution in [3.63, 3.8) is 0 Å². The Morgan fingerprint density at radius 2 is 1.95 bits per heavy atom. The van der Waals surface area contributed by atoms with E-state index in [1.54, 1.807) is 0 Å². The van der Waals surface area contributed by atoms with Gasteiger partial charge in [-0.1, -0.05) is 0 Å². The molecule has 0 aliphatic carbocycles. The second-order valence-corrected chi connectivity index (χ2v) is 3.54. The first-order chi connectivity index (χ1) is 8.79. The molecule has 1 rings (SSSR count). The molecular formula is C9H10N4O6. The number of carboxylic acids is 1. The van der Waals surface area contributed by atoms with Crippen molar-refractivity contribution in [3.8, 4) is 0 Å². The lowest BCUT2D eigenvalue weighted by molar-refractivity contribution is -0.140. The maximum absolute atomic E-state index is 11.6. The average Bonchev–Trinajstić information content (AvgIpc) is 2.25. The molecule has 0 aliphatic rings. The number of aliphatic carboxylic acids is 1. The van der Waals surface area contributed by atoms with Gasteiger partial charge < -0.3 is 21.1 Å². The van der Waals surface area contributed by atoms with Gasteiger partial charge in [-0.2, -0.15) is 0 Å². The fourth-order valence-corrected chi connectivity index (χ4v) is 1.23. The number of nitrogens with one attached hydrogen (secondary N) is 3. The van der Waals surface area contributed by atoms with E-state index < -0.39 is 47.2 Å². The number of nitrogens with two attached hydrogens (primary N) is 1. The third-order valence-corrected chi connectivity index (χ3v) is 2.01. The van der Waals surface area contributed by atoms with Gasteiger partial charge in [-0.25, -0.2) is 9.59 Å². The van der Waals surface area contributed by atoms with E-state index in [1.165, 1.54) is 0 Å². The Hall–Kier alpha value is -2.91. The summed E-state index contributed by atoms with van der Waals surface area (Å²) in [5.74, 6) is -3.41. The van der Waals surface area contributed by atoms with E-state index in [1.807, 2.05) is 15.3 Å². The molecule has 0 aromatic carbocycles. The van der Waals surface area contributed by atoms with E-state index in [2.05, 4.69) is 0 Å². The van der Waals surface area contributed by atoms with Crippen LogP contribution in [0.15, 0.2) is 15.7 Å². The third-order valence-electron chi connectivity index (χ3n) is 2.01. The first-order valence-electron chi connectivity index (χ1n) is 4.95. The van der Waals surface area contributed by atoms with Crippen LogP contribution in [0, 0.1) is 0 Å². The van der Waals surface area contributed by atoms with Crippen molar-refractivity contribution in [1.29, 1.82) is 0 Å². The standard InChI is InChI=1S/C9H10N4O6/c10-5(14)1-4(8(17)18)11-7(16)3-2-6(15)13-9(19)12-3/h2,4H,1H2,(H2,10,14)(H,11,16)(H,17,18)(H2,12,13,15,19)/t4-/m0/s1. The normalized spacial score (nSPS) is 11.6. The lowest BCUT2D eigenvalue weighted by Gasteiger charge is -2.12. The van der Waals surface area contributed by atoms with Gasteiger partial charge >= 0.3 is 11.7 Å². The van der Waals surface area contributed by atoms with Crippen LogP contribution in [0.1, 0.15) is 16.9 Å². The van der Waals surface area contributed by atoms with Gasteiger partial charge in [0.2, 0.25) is 5.91 Å². The van der Waals surface area contributed by atoms with Gasteiger partial charge in [-0.05, 0) is 0 Å². The number of H-pyrrole nitrogens is 2. The van der Waals surface area contributed by atoms with E-state index in [-0.39, 0.29) is 0 Å². The Kier molecular flexibility index (Phi) is 4.19. The molecule has 0 radical (unpaired) electrons. The summed E-state index contributed by atoms with van der Waals surface area (Å²) in [5, 5.41) is 10.7. The van der Waals surface area contributed by atoms with Crippen molar-refractivity contribution in [2.75, 3.05) is 0 Å². The molecular weight excluding hydrogens is 260 g/mol. The zero-order valence-corrected chi connectivity index (χ0v) is 9.43. The Morgan fingerprint density at radius 1 is 1.32 bits per heavy atom. The van der Waals surface area contributed by atoms with Crippen molar-refractivity contribution in [2.24, 2.45) is 5.73 Å². The smallest absolute Gasteiger partial charge is 0.326 e. The maximum atomic E-state index is 11.6. The second kappa shape index (κ2) is 5.62. The van der Waals surface area contributed by atoms with Crippen LogP contribution < -0.4 is 22.3 Å². The van der Waals surface area contributed by atoms with E-state index >= 15 is 0 Å². The average molecular weight is 270 g/mol. The number of carbonyl (C=O) groups excluding carboxylic acids is 2. The first kappa shape index (κ1) is 14.2. The zero-order chi connectivity index (χ0) is 14.6. The molecule has 0 aliphatic heterocycles. The molecule has 10 nitrogen and oxygen atoms in total. The highest BCUT2D eigenvalue weighted by atomic mass is 16.4. The summed E-state index contributed by atoms with van der Waals surface area (Å²) >= 11 is 0. The minimum atomic E-state index is -1.55. The Labute approximate surface area is 104 Å². The Morgan fingerprint density at radius 3 is 2.42 bits per heavy atom. The third kappa shape index (κ3) is 4.11. The van der Waals surface area contributed by atoms with Gasteiger partial charge in [0, 0.05) is 6.07 Å². The minimum absolute atomic E-state index is 0.426. The summed E-state index contributed by atoms with van der Waals surface area (Å²) in [6.07, 6.45) is -0.617. The summed E-state index contributed by atoms with van der Waals surface area (Å²) in [6.45, 7) is 0. The van der Waals surface area contributed by atoms with E-state index in [0.29, 0.717) is 0 Å². The Bertz CT molecular complexity index is 602. The molecule has 6 N–H and O–H groups in total. The summed E-state index contributed by atoms with van der Waals surface area (Å²) in [7, 11) is 0. The Balaban J connectivity index is 2.93. The maximum Gasteiger partial charge on any atom is 0.326 e. The SMILES string of the molecule is NC(=O)C[C@H](NC(=O)c1cc(=O)[nH]c(=O)[nH]1)C(=O)O. The highest BCUT2D eigenvalue weighted by molar-refractivity contribution is 5.96. The van der Waals surface area contributed by atoms with E-state index in [9.17, 15) is 24.0 Å². The van der Waals surface area contributed by atoms with Crippen LogP contribution in [0.4, 0.5) is 0 Å². The quantitative estimate of drug-likeness (QED) is 0.384. The largest absolute Gasteiger partial charge is 0.480 e. The molecule has 0 spiro atoms. The van der Waals surface area contributed by atoms with Gasteiger partial charge in [0.15, 0.2) is 0 Å². The summed E-state index contributed by atoms with van der Waals surface area (Å²) in [5.41, 5.74) is 2.66. The van der Waals surface area contributed by atoms with Gasteiger partial charge in [-0.15, -0.1) is 0 Å². The fourth-order valence-electron chi connectivity index (χ4n) is 1.23. The van der Waals surface area contributed by atoms with Crippen molar-refractivity contribution >= 4 is 17.8 Å². The summed E-state index contributed by atoms with van der Waals surface area (Å²) < 4.78 is 0. The molecule has 10 heteroatoms. The number of hydrogen-bond donors (Lipinski definition) is 5. The number of primary amides is 1. The molecule has 0 saturated heterocycles. The van der Waals surface area contributed by atoms with Crippen molar-refractivity contribution < 1.29 is 19.5 Å². The zero-order valence-electron chi connectivity index (χ0n) is 9.43. The number of hydrogen-bond acceptors (Lipinski definition) is 5. The molecule has 0 fully saturated rings. The molecule has 102 valence electrons. The van der Waals surface area contributed by atoms with Crippen molar-refractivity contribution in [2.45, 2.75) is 12.5 Å². The topological polar surface area (TPSA) is 175 Å². The van der Waals surface area contributed by atoms with Crippen molar-refractivity contribution in [1.82, 2.24) is 15.3 Å². The monoisotopic (exact) mass is 270 g/mol. The molecule has 2 amide bonds. The number of aromatic nitrogens is 2. The molecule has 1 atom stereocenters. The molecule has 1 heterocycles. The van der Waals surface area contributed by atoms with Gasteiger partial charge in [0.25, 0.3) is 11.5 Å². The van der Waals surface area contributed by atoms with Crippen LogP contribution in [0.5, 0.6) is 0 Å². The van der Waals surface area contributed by atoms with Crippen LogP contribution in [-0.2, 0) is 9.59 Å². The molecule has 19 heavy (non-hydrogen) atoms. The molecule has 1 aromatic rings. The van der Waals surface area contributed by atoms with Gasteiger partial charge in [-0.3, -0.25) is 19.4 Å². The summed E-state index contributed by atoms with van der Waals surface area (Å²) in [6, 6.07) is -0.771. The van der Waals surface area contributed by atoms with Crippen LogP contribution in [0.2, 0.25) is 0 Å². The highest BCUT2D eigenvalue weighted by Crippen LogP contribution is 1.95. The number of carbonyl (C=O) groups is 3. The number of rotatable bonds is 5. The van der Waals surface area contributed by atoms with Crippen LogP contribution in [0.25, 0.3) is 0 Å². The fraction of sp³-hybridized carbons (Fsp3) is 0.222. The first-order valence-corrected chi connectivity index (χ1v) is 4.95. The summed E-state index contributed by atoms with van der Waals surface area (Å²) in [4.78, 5) is 58.8. The number of aromatic amines is 2.